The molecule has 2 aromatic rings. The van der Waals surface area contributed by atoms with Crippen molar-refractivity contribution in [2.75, 3.05) is 13.1 Å². The van der Waals surface area contributed by atoms with Crippen LogP contribution in [0.3, 0.4) is 0 Å². The molecule has 0 bridgehead atoms. The molecule has 1 amide bonds. The van der Waals surface area contributed by atoms with Crippen LogP contribution in [0.2, 0.25) is 0 Å². The zero-order chi connectivity index (χ0) is 14.9. The van der Waals surface area contributed by atoms with E-state index in [1.54, 1.807) is 0 Å². The molecule has 0 saturated heterocycles. The van der Waals surface area contributed by atoms with E-state index >= 15 is 0 Å². The number of rotatable bonds is 8. The Morgan fingerprint density at radius 1 is 1.24 bits per heavy atom. The highest BCUT2D eigenvalue weighted by molar-refractivity contribution is 5.75. The van der Waals surface area contributed by atoms with Crippen LogP contribution in [0.5, 0.6) is 0 Å². The average Bonchev–Trinajstić information content (AvgIpc) is 2.99. The lowest BCUT2D eigenvalue weighted by Crippen LogP contribution is -2.27. The van der Waals surface area contributed by atoms with Gasteiger partial charge in [0.25, 0.3) is 0 Å². The zero-order valence-corrected chi connectivity index (χ0v) is 12.4. The zero-order valence-electron chi connectivity index (χ0n) is 12.4. The normalized spacial score (nSPS) is 10.5. The van der Waals surface area contributed by atoms with Gasteiger partial charge in [-0.05, 0) is 18.6 Å². The number of para-hydroxylation sites is 1. The summed E-state index contributed by atoms with van der Waals surface area (Å²) < 4.78 is 1.85. The Kier molecular flexibility index (Phi) is 5.97. The maximum Gasteiger partial charge on any atom is 0.221 e. The minimum absolute atomic E-state index is 0.101. The Morgan fingerprint density at radius 3 is 2.81 bits per heavy atom. The maximum absolute atomic E-state index is 11.4. The fourth-order valence-electron chi connectivity index (χ4n) is 1.96. The fourth-order valence-corrected chi connectivity index (χ4v) is 1.96. The molecule has 5 nitrogen and oxygen atoms in total. The van der Waals surface area contributed by atoms with Crippen molar-refractivity contribution in [1.82, 2.24) is 20.4 Å². The molecule has 1 aromatic carbocycles. The molecule has 0 spiro atoms. The molecule has 0 radical (unpaired) electrons. The van der Waals surface area contributed by atoms with Gasteiger partial charge in [0.15, 0.2) is 0 Å². The largest absolute Gasteiger partial charge is 0.356 e. The summed E-state index contributed by atoms with van der Waals surface area (Å²) in [6.07, 6.45) is 5.32. The highest BCUT2D eigenvalue weighted by Gasteiger charge is 2.02. The highest BCUT2D eigenvalue weighted by atomic mass is 16.1. The monoisotopic (exact) mass is 286 g/mol. The highest BCUT2D eigenvalue weighted by Crippen LogP contribution is 2.07. The van der Waals surface area contributed by atoms with Crippen LogP contribution >= 0.6 is 0 Å². The predicted octanol–water partition coefficient (Wildman–Crippen LogP) is 1.88. The molecule has 0 aliphatic rings. The molecule has 112 valence electrons. The van der Waals surface area contributed by atoms with Crippen molar-refractivity contribution < 1.29 is 4.79 Å². The van der Waals surface area contributed by atoms with E-state index in [2.05, 4.69) is 15.7 Å². The summed E-state index contributed by atoms with van der Waals surface area (Å²) in [6.45, 7) is 4.19. The topological polar surface area (TPSA) is 59.0 Å². The van der Waals surface area contributed by atoms with Crippen LogP contribution in [0.15, 0.2) is 42.7 Å². The maximum atomic E-state index is 11.4. The number of carbonyl (C=O) groups is 1. The standard InChI is InChI=1S/C16H22N4O/c1-2-9-18-16(21)8-10-17-11-14-12-19-20(13-14)15-6-4-3-5-7-15/h3-7,12-13,17H,2,8-11H2,1H3,(H,18,21). The van der Waals surface area contributed by atoms with E-state index in [0.717, 1.165) is 24.2 Å². The van der Waals surface area contributed by atoms with Gasteiger partial charge in [-0.3, -0.25) is 4.79 Å². The summed E-state index contributed by atoms with van der Waals surface area (Å²) >= 11 is 0. The number of nitrogens with one attached hydrogen (secondary N) is 2. The van der Waals surface area contributed by atoms with Crippen molar-refractivity contribution in [3.63, 3.8) is 0 Å². The second kappa shape index (κ2) is 8.21. The molecular formula is C16H22N4O. The molecule has 21 heavy (non-hydrogen) atoms. The first-order chi connectivity index (χ1) is 10.3. The van der Waals surface area contributed by atoms with E-state index in [0.29, 0.717) is 19.5 Å². The Morgan fingerprint density at radius 2 is 2.05 bits per heavy atom. The Balaban J connectivity index is 1.72. The number of amides is 1. The minimum atomic E-state index is 0.101. The van der Waals surface area contributed by atoms with E-state index in [1.165, 1.54) is 0 Å². The van der Waals surface area contributed by atoms with Crippen LogP contribution in [0.25, 0.3) is 5.69 Å². The van der Waals surface area contributed by atoms with Gasteiger partial charge in [-0.15, -0.1) is 0 Å². The van der Waals surface area contributed by atoms with E-state index < -0.39 is 0 Å². The summed E-state index contributed by atoms with van der Waals surface area (Å²) in [5.41, 5.74) is 2.15. The lowest BCUT2D eigenvalue weighted by atomic mass is 10.3. The molecule has 0 saturated carbocycles. The summed E-state index contributed by atoms with van der Waals surface area (Å²) in [4.78, 5) is 11.4. The first-order valence-corrected chi connectivity index (χ1v) is 7.36. The Bertz CT molecular complexity index is 550. The van der Waals surface area contributed by atoms with Crippen LogP contribution in [0, 0.1) is 0 Å². The molecule has 1 heterocycles. The number of benzene rings is 1. The van der Waals surface area contributed by atoms with Crippen LogP contribution < -0.4 is 10.6 Å². The third-order valence-electron chi connectivity index (χ3n) is 3.09. The quantitative estimate of drug-likeness (QED) is 0.728. The van der Waals surface area contributed by atoms with Gasteiger partial charge < -0.3 is 10.6 Å². The van der Waals surface area contributed by atoms with Gasteiger partial charge in [0.2, 0.25) is 5.91 Å². The molecule has 1 aromatic heterocycles. The molecule has 2 N–H and O–H groups in total. The number of aromatic nitrogens is 2. The van der Waals surface area contributed by atoms with Crippen molar-refractivity contribution in [2.45, 2.75) is 26.3 Å². The van der Waals surface area contributed by atoms with Crippen LogP contribution in [0.1, 0.15) is 25.3 Å². The Labute approximate surface area is 125 Å². The van der Waals surface area contributed by atoms with Crippen LogP contribution in [-0.4, -0.2) is 28.8 Å². The first kappa shape index (κ1) is 15.3. The van der Waals surface area contributed by atoms with Crippen molar-refractivity contribution in [2.24, 2.45) is 0 Å². The van der Waals surface area contributed by atoms with E-state index in [-0.39, 0.29) is 5.91 Å². The Hall–Kier alpha value is -2.14. The van der Waals surface area contributed by atoms with Crippen molar-refractivity contribution in [1.29, 1.82) is 0 Å². The van der Waals surface area contributed by atoms with E-state index in [1.807, 2.05) is 54.3 Å². The summed E-state index contributed by atoms with van der Waals surface area (Å²) in [5, 5.41) is 10.5. The van der Waals surface area contributed by atoms with Crippen LogP contribution in [-0.2, 0) is 11.3 Å². The number of hydrogen-bond donors (Lipinski definition) is 2. The number of carbonyl (C=O) groups excluding carboxylic acids is 1. The summed E-state index contributed by atoms with van der Waals surface area (Å²) in [7, 11) is 0. The van der Waals surface area contributed by atoms with Crippen molar-refractivity contribution in [3.8, 4) is 5.69 Å². The molecule has 2 rings (SSSR count). The third-order valence-corrected chi connectivity index (χ3v) is 3.09. The van der Waals surface area contributed by atoms with Gasteiger partial charge in [-0.2, -0.15) is 5.10 Å². The van der Waals surface area contributed by atoms with Gasteiger partial charge in [0.1, 0.15) is 0 Å². The number of nitrogens with zero attached hydrogens (tertiary/aromatic N) is 2. The summed E-state index contributed by atoms with van der Waals surface area (Å²) in [6, 6.07) is 10.00. The average molecular weight is 286 g/mol. The third kappa shape index (κ3) is 5.04. The van der Waals surface area contributed by atoms with Gasteiger partial charge >= 0.3 is 0 Å². The second-order valence-electron chi connectivity index (χ2n) is 4.91. The fraction of sp³-hybridized carbons (Fsp3) is 0.375. The van der Waals surface area contributed by atoms with Gasteiger partial charge in [-0.1, -0.05) is 25.1 Å². The second-order valence-corrected chi connectivity index (χ2v) is 4.91. The van der Waals surface area contributed by atoms with Crippen molar-refractivity contribution >= 4 is 5.91 Å². The molecule has 0 aliphatic heterocycles. The summed E-state index contributed by atoms with van der Waals surface area (Å²) in [5.74, 6) is 0.101. The van der Waals surface area contributed by atoms with Gasteiger partial charge in [-0.25, -0.2) is 4.68 Å². The van der Waals surface area contributed by atoms with Crippen molar-refractivity contribution in [3.05, 3.63) is 48.3 Å². The lowest BCUT2D eigenvalue weighted by Gasteiger charge is -2.04. The van der Waals surface area contributed by atoms with E-state index in [9.17, 15) is 4.79 Å². The lowest BCUT2D eigenvalue weighted by molar-refractivity contribution is -0.120. The molecule has 0 aliphatic carbocycles. The SMILES string of the molecule is CCCNC(=O)CCNCc1cnn(-c2ccccc2)c1. The number of hydrogen-bond acceptors (Lipinski definition) is 3. The predicted molar refractivity (Wildman–Crippen MR) is 83.2 cm³/mol. The van der Waals surface area contributed by atoms with Gasteiger partial charge in [0, 0.05) is 37.8 Å². The molecular weight excluding hydrogens is 264 g/mol. The minimum Gasteiger partial charge on any atom is -0.356 e. The van der Waals surface area contributed by atoms with Gasteiger partial charge in [0.05, 0.1) is 11.9 Å². The van der Waals surface area contributed by atoms with Crippen LogP contribution in [0.4, 0.5) is 0 Å². The molecule has 5 heteroatoms. The van der Waals surface area contributed by atoms with E-state index in [4.69, 9.17) is 0 Å². The molecule has 0 unspecified atom stereocenters. The molecule has 0 fully saturated rings. The first-order valence-electron chi connectivity index (χ1n) is 7.36. The molecule has 0 atom stereocenters. The smallest absolute Gasteiger partial charge is 0.221 e.